The van der Waals surface area contributed by atoms with Crippen LogP contribution in [0.1, 0.15) is 12.5 Å². The Labute approximate surface area is 115 Å². The Hall–Kier alpha value is -2.08. The highest BCUT2D eigenvalue weighted by molar-refractivity contribution is 6.32. The average Bonchev–Trinajstić information content (AvgIpc) is 2.75. The van der Waals surface area contributed by atoms with E-state index >= 15 is 0 Å². The summed E-state index contributed by atoms with van der Waals surface area (Å²) in [4.78, 5) is 15.2. The molecule has 1 aromatic heterocycles. The molecule has 0 aliphatic carbocycles. The molecule has 0 fully saturated rings. The number of aliphatic imine (C=N–C) groups is 1. The van der Waals surface area contributed by atoms with Crippen LogP contribution in [0.4, 0.5) is 0 Å². The summed E-state index contributed by atoms with van der Waals surface area (Å²) in [5, 5.41) is 5.68. The largest absolute Gasteiger partial charge is 0.370 e. The fourth-order valence-corrected chi connectivity index (χ4v) is 2.19. The minimum atomic E-state index is -0.432. The SMILES string of the molecule is CCn1ncc2ccc(Cl)c(CC(=O)N=C(N)N)c21. The van der Waals surface area contributed by atoms with Gasteiger partial charge in [-0.15, -0.1) is 0 Å². The second kappa shape index (κ2) is 5.27. The van der Waals surface area contributed by atoms with Crippen LogP contribution < -0.4 is 11.5 Å². The van der Waals surface area contributed by atoms with Crippen molar-refractivity contribution in [2.75, 3.05) is 0 Å². The summed E-state index contributed by atoms with van der Waals surface area (Å²) in [6.45, 7) is 2.66. The van der Waals surface area contributed by atoms with E-state index in [9.17, 15) is 4.79 Å². The van der Waals surface area contributed by atoms with Gasteiger partial charge >= 0.3 is 0 Å². The number of carbonyl (C=O) groups is 1. The molecule has 4 N–H and O–H groups in total. The number of hydrogen-bond donors (Lipinski definition) is 2. The standard InChI is InChI=1S/C12H14ClN5O/c1-2-18-11-7(6-16-18)3-4-9(13)8(11)5-10(19)17-12(14)15/h3-4,6H,2,5H2,1H3,(H4,14,15,17,19). The maximum Gasteiger partial charge on any atom is 0.253 e. The normalized spacial score (nSPS) is 10.6. The van der Waals surface area contributed by atoms with Gasteiger partial charge in [0.1, 0.15) is 0 Å². The van der Waals surface area contributed by atoms with Crippen LogP contribution in [0.25, 0.3) is 10.9 Å². The lowest BCUT2D eigenvalue weighted by atomic mass is 10.1. The first kappa shape index (κ1) is 13.4. The number of halogens is 1. The van der Waals surface area contributed by atoms with E-state index in [0.717, 1.165) is 10.9 Å². The van der Waals surface area contributed by atoms with Gasteiger partial charge in [-0.25, -0.2) is 0 Å². The van der Waals surface area contributed by atoms with Crippen molar-refractivity contribution in [3.63, 3.8) is 0 Å². The number of aryl methyl sites for hydroxylation is 1. The van der Waals surface area contributed by atoms with E-state index in [1.54, 1.807) is 16.9 Å². The number of rotatable bonds is 3. The molecule has 2 rings (SSSR count). The number of amides is 1. The van der Waals surface area contributed by atoms with E-state index < -0.39 is 5.91 Å². The van der Waals surface area contributed by atoms with Crippen LogP contribution >= 0.6 is 11.6 Å². The number of carbonyl (C=O) groups excluding carboxylic acids is 1. The van der Waals surface area contributed by atoms with Gasteiger partial charge in [0.25, 0.3) is 5.91 Å². The first-order valence-electron chi connectivity index (χ1n) is 5.78. The van der Waals surface area contributed by atoms with Gasteiger partial charge in [0, 0.05) is 22.5 Å². The fourth-order valence-electron chi connectivity index (χ4n) is 1.97. The van der Waals surface area contributed by atoms with Crippen LogP contribution in [0.15, 0.2) is 23.3 Å². The fraction of sp³-hybridized carbons (Fsp3) is 0.250. The van der Waals surface area contributed by atoms with E-state index in [4.69, 9.17) is 23.1 Å². The summed E-state index contributed by atoms with van der Waals surface area (Å²) in [6.07, 6.45) is 1.78. The van der Waals surface area contributed by atoms with Crippen molar-refractivity contribution < 1.29 is 4.79 Å². The van der Waals surface area contributed by atoms with Crippen molar-refractivity contribution in [2.45, 2.75) is 19.9 Å². The van der Waals surface area contributed by atoms with Gasteiger partial charge in [-0.1, -0.05) is 11.6 Å². The van der Waals surface area contributed by atoms with Gasteiger partial charge < -0.3 is 11.5 Å². The highest BCUT2D eigenvalue weighted by atomic mass is 35.5. The van der Waals surface area contributed by atoms with Crippen LogP contribution in [0.2, 0.25) is 5.02 Å². The average molecular weight is 280 g/mol. The van der Waals surface area contributed by atoms with E-state index in [1.807, 2.05) is 13.0 Å². The van der Waals surface area contributed by atoms with Gasteiger partial charge in [-0.05, 0) is 19.1 Å². The minimum Gasteiger partial charge on any atom is -0.370 e. The van der Waals surface area contributed by atoms with Crippen molar-refractivity contribution >= 4 is 34.4 Å². The minimum absolute atomic E-state index is 0.0414. The molecule has 1 amide bonds. The van der Waals surface area contributed by atoms with Crippen molar-refractivity contribution in [1.82, 2.24) is 9.78 Å². The van der Waals surface area contributed by atoms with Crippen LogP contribution in [-0.2, 0) is 17.8 Å². The number of benzene rings is 1. The second-order valence-electron chi connectivity index (χ2n) is 4.03. The Kier molecular flexibility index (Phi) is 3.71. The molecule has 0 bridgehead atoms. The van der Waals surface area contributed by atoms with Crippen molar-refractivity contribution in [3.05, 3.63) is 28.9 Å². The molecular formula is C12H14ClN5O. The Morgan fingerprint density at radius 2 is 2.21 bits per heavy atom. The molecule has 0 spiro atoms. The highest BCUT2D eigenvalue weighted by Crippen LogP contribution is 2.26. The maximum absolute atomic E-state index is 11.7. The lowest BCUT2D eigenvalue weighted by Gasteiger charge is -2.07. The lowest BCUT2D eigenvalue weighted by molar-refractivity contribution is -0.117. The topological polar surface area (TPSA) is 99.3 Å². The Morgan fingerprint density at radius 1 is 1.47 bits per heavy atom. The molecule has 2 aromatic rings. The van der Waals surface area contributed by atoms with Gasteiger partial charge in [0.2, 0.25) is 0 Å². The zero-order valence-corrected chi connectivity index (χ0v) is 11.2. The second-order valence-corrected chi connectivity index (χ2v) is 4.44. The summed E-state index contributed by atoms with van der Waals surface area (Å²) >= 11 is 6.17. The quantitative estimate of drug-likeness (QED) is 0.648. The number of fused-ring (bicyclic) bond motifs is 1. The van der Waals surface area contributed by atoms with Crippen LogP contribution in [0, 0.1) is 0 Å². The zero-order chi connectivity index (χ0) is 14.0. The Bertz CT molecular complexity index is 657. The number of guanidine groups is 1. The molecule has 7 heteroatoms. The summed E-state index contributed by atoms with van der Waals surface area (Å²) in [5.74, 6) is -0.685. The monoisotopic (exact) mass is 279 g/mol. The van der Waals surface area contributed by atoms with Crippen molar-refractivity contribution in [2.24, 2.45) is 16.5 Å². The maximum atomic E-state index is 11.7. The molecule has 0 aliphatic heterocycles. The van der Waals surface area contributed by atoms with Gasteiger partial charge in [-0.3, -0.25) is 9.48 Å². The molecule has 0 aliphatic rings. The third kappa shape index (κ3) is 2.68. The molecular weight excluding hydrogens is 266 g/mol. The van der Waals surface area contributed by atoms with Crippen LogP contribution in [0.5, 0.6) is 0 Å². The van der Waals surface area contributed by atoms with Crippen LogP contribution in [0.3, 0.4) is 0 Å². The molecule has 0 atom stereocenters. The lowest BCUT2D eigenvalue weighted by Crippen LogP contribution is -2.24. The number of hydrogen-bond acceptors (Lipinski definition) is 2. The van der Waals surface area contributed by atoms with Crippen LogP contribution in [-0.4, -0.2) is 21.6 Å². The summed E-state index contributed by atoms with van der Waals surface area (Å²) in [7, 11) is 0. The molecule has 19 heavy (non-hydrogen) atoms. The first-order valence-corrected chi connectivity index (χ1v) is 6.16. The summed E-state index contributed by atoms with van der Waals surface area (Å²) in [6, 6.07) is 3.61. The van der Waals surface area contributed by atoms with E-state index in [-0.39, 0.29) is 12.4 Å². The smallest absolute Gasteiger partial charge is 0.253 e. The van der Waals surface area contributed by atoms with E-state index in [0.29, 0.717) is 17.1 Å². The molecule has 0 unspecified atom stereocenters. The Balaban J connectivity index is 2.52. The third-order valence-electron chi connectivity index (χ3n) is 2.73. The molecule has 1 heterocycles. The highest BCUT2D eigenvalue weighted by Gasteiger charge is 2.14. The predicted molar refractivity (Wildman–Crippen MR) is 74.9 cm³/mol. The Morgan fingerprint density at radius 3 is 2.84 bits per heavy atom. The number of nitrogens with two attached hydrogens (primary N) is 2. The molecule has 0 radical (unpaired) electrons. The number of nitrogens with zero attached hydrogens (tertiary/aromatic N) is 3. The zero-order valence-electron chi connectivity index (χ0n) is 10.4. The van der Waals surface area contributed by atoms with E-state index in [2.05, 4.69) is 10.1 Å². The molecule has 1 aromatic carbocycles. The van der Waals surface area contributed by atoms with Gasteiger partial charge in [0.05, 0.1) is 18.1 Å². The van der Waals surface area contributed by atoms with E-state index in [1.165, 1.54) is 0 Å². The van der Waals surface area contributed by atoms with Crippen molar-refractivity contribution in [3.8, 4) is 0 Å². The molecule has 100 valence electrons. The first-order chi connectivity index (χ1) is 9.02. The third-order valence-corrected chi connectivity index (χ3v) is 3.09. The van der Waals surface area contributed by atoms with Gasteiger partial charge in [-0.2, -0.15) is 10.1 Å². The molecule has 6 nitrogen and oxygen atoms in total. The van der Waals surface area contributed by atoms with Crippen molar-refractivity contribution in [1.29, 1.82) is 0 Å². The summed E-state index contributed by atoms with van der Waals surface area (Å²) in [5.41, 5.74) is 11.9. The predicted octanol–water partition coefficient (Wildman–Crippen LogP) is 1.05. The molecule has 0 saturated carbocycles. The van der Waals surface area contributed by atoms with Gasteiger partial charge in [0.15, 0.2) is 5.96 Å². The number of aromatic nitrogens is 2. The molecule has 0 saturated heterocycles. The summed E-state index contributed by atoms with van der Waals surface area (Å²) < 4.78 is 1.79.